The van der Waals surface area contributed by atoms with Crippen LogP contribution in [-0.2, 0) is 31.5 Å². The zero-order valence-electron chi connectivity index (χ0n) is 23.5. The Kier molecular flexibility index (Phi) is 6.89. The Balaban J connectivity index is 1.34. The number of rotatable bonds is 4. The SMILES string of the molecule is CSCc1nn(-c2ccc(F)cc2)c2c1C[C@@]1(C)C(=C2)CC[C@@H]2[C@@H]1[C@@H](O)C[C@]1(C)[C@H](C(=O)OOC(C)=O)CC[C@@H]21. The van der Waals surface area contributed by atoms with Crippen LogP contribution in [-0.4, -0.2) is 39.2 Å². The summed E-state index contributed by atoms with van der Waals surface area (Å²) in [5, 5.41) is 16.8. The number of allylic oxidation sites excluding steroid dienone is 1. The van der Waals surface area contributed by atoms with Gasteiger partial charge in [-0.25, -0.2) is 28.4 Å². The van der Waals surface area contributed by atoms with Gasteiger partial charge in [0, 0.05) is 18.2 Å². The van der Waals surface area contributed by atoms with Crippen molar-refractivity contribution in [3.63, 3.8) is 0 Å². The summed E-state index contributed by atoms with van der Waals surface area (Å²) in [6, 6.07) is 6.47. The van der Waals surface area contributed by atoms with Crippen LogP contribution in [0.25, 0.3) is 11.8 Å². The largest absolute Gasteiger partial charge is 0.393 e. The Labute approximate surface area is 238 Å². The fraction of sp³-hybridized carbons (Fsp3) is 0.581. The Bertz CT molecular complexity index is 1370. The zero-order chi connectivity index (χ0) is 28.4. The summed E-state index contributed by atoms with van der Waals surface area (Å²) in [4.78, 5) is 33.6. The first-order chi connectivity index (χ1) is 19.1. The third-order valence-corrected chi connectivity index (χ3v) is 11.1. The van der Waals surface area contributed by atoms with Crippen molar-refractivity contribution < 1.29 is 28.9 Å². The second kappa shape index (κ2) is 10.0. The highest BCUT2D eigenvalue weighted by atomic mass is 32.2. The molecule has 1 N–H and O–H groups in total. The van der Waals surface area contributed by atoms with Gasteiger partial charge in [-0.1, -0.05) is 19.4 Å². The lowest BCUT2D eigenvalue weighted by atomic mass is 9.46. The van der Waals surface area contributed by atoms with Crippen molar-refractivity contribution in [3.05, 3.63) is 52.6 Å². The molecule has 214 valence electrons. The smallest absolute Gasteiger partial charge is 0.359 e. The van der Waals surface area contributed by atoms with Crippen LogP contribution in [0.3, 0.4) is 0 Å². The number of aliphatic hydroxyl groups excluding tert-OH is 1. The van der Waals surface area contributed by atoms with Gasteiger partial charge in [-0.2, -0.15) is 16.9 Å². The van der Waals surface area contributed by atoms with E-state index in [1.54, 1.807) is 23.9 Å². The molecule has 7 nitrogen and oxygen atoms in total. The van der Waals surface area contributed by atoms with E-state index in [-0.39, 0.29) is 29.0 Å². The van der Waals surface area contributed by atoms with Gasteiger partial charge in [-0.3, -0.25) is 0 Å². The van der Waals surface area contributed by atoms with E-state index < -0.39 is 29.4 Å². The third-order valence-electron chi connectivity index (χ3n) is 10.5. The van der Waals surface area contributed by atoms with E-state index >= 15 is 0 Å². The summed E-state index contributed by atoms with van der Waals surface area (Å²) in [6.07, 6.45) is 8.53. The fourth-order valence-corrected chi connectivity index (χ4v) is 9.41. The van der Waals surface area contributed by atoms with E-state index in [2.05, 4.69) is 31.1 Å². The highest BCUT2D eigenvalue weighted by Gasteiger charge is 2.63. The second-order valence-electron chi connectivity index (χ2n) is 12.6. The second-order valence-corrected chi connectivity index (χ2v) is 13.5. The van der Waals surface area contributed by atoms with Crippen LogP contribution in [0.2, 0.25) is 0 Å². The number of thioether (sulfide) groups is 1. The van der Waals surface area contributed by atoms with Crippen LogP contribution in [0.4, 0.5) is 4.39 Å². The summed E-state index contributed by atoms with van der Waals surface area (Å²) < 4.78 is 15.6. The molecule has 0 amide bonds. The van der Waals surface area contributed by atoms with E-state index in [0.717, 1.165) is 48.5 Å². The molecule has 0 aliphatic heterocycles. The normalized spacial score (nSPS) is 34.1. The minimum absolute atomic E-state index is 0.0678. The van der Waals surface area contributed by atoms with Crippen molar-refractivity contribution >= 4 is 29.8 Å². The summed E-state index contributed by atoms with van der Waals surface area (Å²) in [5.41, 5.74) is 4.85. The maximum Gasteiger partial charge on any atom is 0.359 e. The van der Waals surface area contributed by atoms with E-state index in [1.807, 2.05) is 4.68 Å². The van der Waals surface area contributed by atoms with Gasteiger partial charge < -0.3 is 5.11 Å². The number of aliphatic hydroxyl groups is 1. The predicted molar refractivity (Wildman–Crippen MR) is 150 cm³/mol. The number of aromatic nitrogens is 2. The summed E-state index contributed by atoms with van der Waals surface area (Å²) in [6.45, 7) is 5.63. The Morgan fingerprint density at radius 2 is 1.93 bits per heavy atom. The molecule has 0 saturated heterocycles. The number of halogens is 1. The van der Waals surface area contributed by atoms with Crippen molar-refractivity contribution in [3.8, 4) is 5.69 Å². The number of fused-ring (bicyclic) bond motifs is 6. The van der Waals surface area contributed by atoms with Gasteiger partial charge in [0.1, 0.15) is 5.82 Å². The molecule has 3 fully saturated rings. The van der Waals surface area contributed by atoms with Crippen molar-refractivity contribution in [1.82, 2.24) is 9.78 Å². The lowest BCUT2D eigenvalue weighted by Crippen LogP contribution is -2.57. The molecular weight excluding hydrogens is 531 g/mol. The molecule has 2 aromatic rings. The monoisotopic (exact) mass is 568 g/mol. The number of hydrogen-bond acceptors (Lipinski definition) is 7. The maximum atomic E-state index is 13.7. The topological polar surface area (TPSA) is 90.7 Å². The Morgan fingerprint density at radius 3 is 2.62 bits per heavy atom. The minimum atomic E-state index is -0.656. The van der Waals surface area contributed by atoms with Gasteiger partial charge in [-0.15, -0.1) is 0 Å². The number of carbonyl (C=O) groups is 2. The van der Waals surface area contributed by atoms with Crippen molar-refractivity contribution in [2.24, 2.45) is 34.5 Å². The molecule has 1 aromatic carbocycles. The summed E-state index contributed by atoms with van der Waals surface area (Å²) >= 11 is 1.73. The van der Waals surface area contributed by atoms with Crippen LogP contribution in [0.1, 0.15) is 69.8 Å². The molecule has 0 bridgehead atoms. The van der Waals surface area contributed by atoms with E-state index in [1.165, 1.54) is 30.2 Å². The summed E-state index contributed by atoms with van der Waals surface area (Å²) in [5.74, 6) is -0.439. The van der Waals surface area contributed by atoms with E-state index in [4.69, 9.17) is 9.99 Å². The number of hydrogen-bond donors (Lipinski definition) is 1. The number of nitrogens with zero attached hydrogens (tertiary/aromatic N) is 2. The maximum absolute atomic E-state index is 13.7. The molecule has 1 heterocycles. The molecule has 7 atom stereocenters. The number of benzene rings is 1. The molecule has 9 heteroatoms. The minimum Gasteiger partial charge on any atom is -0.393 e. The van der Waals surface area contributed by atoms with E-state index in [9.17, 15) is 19.1 Å². The lowest BCUT2D eigenvalue weighted by Gasteiger charge is -2.59. The highest BCUT2D eigenvalue weighted by molar-refractivity contribution is 7.97. The van der Waals surface area contributed by atoms with Gasteiger partial charge in [0.05, 0.1) is 29.1 Å². The first-order valence-electron chi connectivity index (χ1n) is 14.2. The molecule has 0 unspecified atom stereocenters. The average molecular weight is 569 g/mol. The van der Waals surface area contributed by atoms with Crippen LogP contribution < -0.4 is 0 Å². The van der Waals surface area contributed by atoms with Crippen molar-refractivity contribution in [2.75, 3.05) is 6.26 Å². The van der Waals surface area contributed by atoms with Gasteiger partial charge in [0.15, 0.2) is 0 Å². The molecular formula is C31H37FN2O5S. The molecule has 4 aliphatic rings. The van der Waals surface area contributed by atoms with Gasteiger partial charge >= 0.3 is 11.9 Å². The fourth-order valence-electron chi connectivity index (χ4n) is 8.90. The average Bonchev–Trinajstić information content (AvgIpc) is 3.42. The number of carbonyl (C=O) groups excluding carboxylic acids is 2. The zero-order valence-corrected chi connectivity index (χ0v) is 24.3. The van der Waals surface area contributed by atoms with Gasteiger partial charge in [0.2, 0.25) is 0 Å². The van der Waals surface area contributed by atoms with Crippen LogP contribution in [0.15, 0.2) is 29.8 Å². The molecule has 4 aliphatic carbocycles. The Morgan fingerprint density at radius 1 is 1.18 bits per heavy atom. The van der Waals surface area contributed by atoms with Crippen LogP contribution in [0, 0.1) is 40.3 Å². The first kappa shape index (κ1) is 27.5. The molecule has 0 radical (unpaired) electrons. The van der Waals surface area contributed by atoms with Gasteiger partial charge in [-0.05, 0) is 104 Å². The molecule has 6 rings (SSSR count). The summed E-state index contributed by atoms with van der Waals surface area (Å²) in [7, 11) is 0. The molecule has 0 spiro atoms. The van der Waals surface area contributed by atoms with Crippen molar-refractivity contribution in [1.29, 1.82) is 0 Å². The van der Waals surface area contributed by atoms with E-state index in [0.29, 0.717) is 12.8 Å². The molecule has 40 heavy (non-hydrogen) atoms. The first-order valence-corrected chi connectivity index (χ1v) is 15.6. The van der Waals surface area contributed by atoms with Crippen molar-refractivity contribution in [2.45, 2.75) is 71.2 Å². The quantitative estimate of drug-likeness (QED) is 0.376. The standard InChI is InChI=1S/C31H37FN2O5S/c1-17(35)38-39-29(37)24-12-11-23-21-10-5-18-13-26-22(14-30(18,2)28(21)27(36)15-31(23,24)3)25(16-40-4)33-34(26)20-8-6-19(32)7-9-20/h6-9,13,21,23-24,27-28,36H,5,10-12,14-16H2,1-4H3/t21-,23-,24-,27-,28+,30-,31-/m0/s1. The molecule has 1 aromatic heterocycles. The molecule has 3 saturated carbocycles. The predicted octanol–water partition coefficient (Wildman–Crippen LogP) is 5.66. The Hall–Kier alpha value is -2.65. The van der Waals surface area contributed by atoms with Gasteiger partial charge in [0.25, 0.3) is 0 Å². The lowest BCUT2D eigenvalue weighted by molar-refractivity contribution is -0.264. The highest BCUT2D eigenvalue weighted by Crippen LogP contribution is 2.67. The van der Waals surface area contributed by atoms with Crippen LogP contribution in [0.5, 0.6) is 0 Å². The third kappa shape index (κ3) is 4.23. The van der Waals surface area contributed by atoms with Crippen LogP contribution >= 0.6 is 11.8 Å².